The van der Waals surface area contributed by atoms with E-state index >= 15 is 0 Å². The highest BCUT2D eigenvalue weighted by Crippen LogP contribution is 2.35. The highest BCUT2D eigenvalue weighted by Gasteiger charge is 2.33. The summed E-state index contributed by atoms with van der Waals surface area (Å²) in [7, 11) is 0. The minimum absolute atomic E-state index is 0.286. The second-order valence-corrected chi connectivity index (χ2v) is 6.73. The molecule has 2 aliphatic rings. The van der Waals surface area contributed by atoms with Gasteiger partial charge in [0.25, 0.3) is 0 Å². The van der Waals surface area contributed by atoms with Crippen molar-refractivity contribution < 1.29 is 0 Å². The summed E-state index contributed by atoms with van der Waals surface area (Å²) in [5, 5.41) is 3.81. The molecular formula is C16H32N2. The molecule has 2 heteroatoms. The summed E-state index contributed by atoms with van der Waals surface area (Å²) in [5.41, 5.74) is 6.34. The molecule has 0 saturated heterocycles. The molecule has 0 aliphatic heterocycles. The molecule has 2 nitrogen and oxygen atoms in total. The zero-order valence-corrected chi connectivity index (χ0v) is 12.2. The van der Waals surface area contributed by atoms with Crippen LogP contribution in [0.25, 0.3) is 0 Å². The number of nitrogens with two attached hydrogens (primary N) is 1. The molecule has 0 atom stereocenters. The number of hydrogen-bond donors (Lipinski definition) is 2. The Morgan fingerprint density at radius 2 is 1.72 bits per heavy atom. The van der Waals surface area contributed by atoms with Crippen LogP contribution in [0.3, 0.4) is 0 Å². The van der Waals surface area contributed by atoms with Gasteiger partial charge in [0.05, 0.1) is 0 Å². The Balaban J connectivity index is 1.66. The Hall–Kier alpha value is -0.0800. The van der Waals surface area contributed by atoms with Crippen molar-refractivity contribution in [2.75, 3.05) is 13.1 Å². The lowest BCUT2D eigenvalue weighted by Crippen LogP contribution is -2.53. The van der Waals surface area contributed by atoms with Gasteiger partial charge in [0, 0.05) is 12.1 Å². The third-order valence-corrected chi connectivity index (χ3v) is 5.14. The lowest BCUT2D eigenvalue weighted by Gasteiger charge is -2.40. The van der Waals surface area contributed by atoms with Gasteiger partial charge in [-0.1, -0.05) is 32.6 Å². The molecular weight excluding hydrogens is 220 g/mol. The molecule has 0 heterocycles. The molecule has 0 unspecified atom stereocenters. The topological polar surface area (TPSA) is 38.0 Å². The van der Waals surface area contributed by atoms with Crippen molar-refractivity contribution in [3.05, 3.63) is 0 Å². The molecule has 2 fully saturated rings. The molecule has 18 heavy (non-hydrogen) atoms. The van der Waals surface area contributed by atoms with E-state index in [0.29, 0.717) is 0 Å². The average molecular weight is 252 g/mol. The standard InChI is InChI=1S/C16H32N2/c1-2-4-14-8-10-16(13-17,11-9-14)18-12-3-5-15-6-7-15/h14-15,18H,2-13,17H2,1H3. The SMILES string of the molecule is CCCC1CCC(CN)(NCCCC2CC2)CC1. The smallest absolute Gasteiger partial charge is 0.0304 e. The number of rotatable bonds is 8. The predicted octanol–water partition coefficient (Wildman–Crippen LogP) is 3.45. The van der Waals surface area contributed by atoms with Crippen molar-refractivity contribution in [3.63, 3.8) is 0 Å². The fourth-order valence-corrected chi connectivity index (χ4v) is 3.53. The van der Waals surface area contributed by atoms with Crippen LogP contribution < -0.4 is 11.1 Å². The molecule has 0 radical (unpaired) electrons. The fourth-order valence-electron chi connectivity index (χ4n) is 3.53. The van der Waals surface area contributed by atoms with Crippen LogP contribution in [0.4, 0.5) is 0 Å². The van der Waals surface area contributed by atoms with Gasteiger partial charge in [-0.05, 0) is 56.9 Å². The third-order valence-electron chi connectivity index (χ3n) is 5.14. The summed E-state index contributed by atoms with van der Waals surface area (Å²) < 4.78 is 0. The summed E-state index contributed by atoms with van der Waals surface area (Å²) in [5.74, 6) is 2.05. The van der Waals surface area contributed by atoms with Gasteiger partial charge in [0.1, 0.15) is 0 Å². The van der Waals surface area contributed by atoms with Crippen molar-refractivity contribution in [2.24, 2.45) is 17.6 Å². The van der Waals surface area contributed by atoms with E-state index in [1.54, 1.807) is 0 Å². The van der Waals surface area contributed by atoms with Gasteiger partial charge >= 0.3 is 0 Å². The normalized spacial score (nSPS) is 32.7. The van der Waals surface area contributed by atoms with Crippen molar-refractivity contribution in [1.29, 1.82) is 0 Å². The maximum absolute atomic E-state index is 6.05. The molecule has 3 N–H and O–H groups in total. The van der Waals surface area contributed by atoms with Crippen molar-refractivity contribution >= 4 is 0 Å². The van der Waals surface area contributed by atoms with E-state index in [2.05, 4.69) is 12.2 Å². The van der Waals surface area contributed by atoms with E-state index in [1.165, 1.54) is 70.8 Å². The van der Waals surface area contributed by atoms with Crippen LogP contribution >= 0.6 is 0 Å². The zero-order chi connectivity index (χ0) is 12.8. The van der Waals surface area contributed by atoms with Crippen LogP contribution in [0.15, 0.2) is 0 Å². The van der Waals surface area contributed by atoms with Crippen LogP contribution in [0.5, 0.6) is 0 Å². The van der Waals surface area contributed by atoms with E-state index in [-0.39, 0.29) is 5.54 Å². The van der Waals surface area contributed by atoms with Crippen LogP contribution in [0.2, 0.25) is 0 Å². The number of nitrogens with one attached hydrogen (secondary N) is 1. The minimum Gasteiger partial charge on any atom is -0.329 e. The first kappa shape index (κ1) is 14.3. The van der Waals surface area contributed by atoms with Gasteiger partial charge in [-0.15, -0.1) is 0 Å². The Morgan fingerprint density at radius 1 is 1.06 bits per heavy atom. The molecule has 106 valence electrons. The maximum atomic E-state index is 6.05. The Bertz CT molecular complexity index is 227. The predicted molar refractivity (Wildman–Crippen MR) is 78.6 cm³/mol. The van der Waals surface area contributed by atoms with Gasteiger partial charge in [0.2, 0.25) is 0 Å². The van der Waals surface area contributed by atoms with Gasteiger partial charge in [-0.2, -0.15) is 0 Å². The molecule has 0 aromatic heterocycles. The molecule has 0 bridgehead atoms. The molecule has 2 rings (SSSR count). The first-order valence-corrected chi connectivity index (χ1v) is 8.23. The highest BCUT2D eigenvalue weighted by atomic mass is 15.0. The zero-order valence-electron chi connectivity index (χ0n) is 12.2. The summed E-state index contributed by atoms with van der Waals surface area (Å²) >= 11 is 0. The Kier molecular flexibility index (Phi) is 5.50. The van der Waals surface area contributed by atoms with E-state index < -0.39 is 0 Å². The highest BCUT2D eigenvalue weighted by molar-refractivity contribution is 4.93. The lowest BCUT2D eigenvalue weighted by molar-refractivity contribution is 0.187. The van der Waals surface area contributed by atoms with Crippen molar-refractivity contribution in [2.45, 2.75) is 76.7 Å². The van der Waals surface area contributed by atoms with E-state index in [4.69, 9.17) is 5.73 Å². The molecule has 2 aliphatic carbocycles. The van der Waals surface area contributed by atoms with Gasteiger partial charge in [-0.3, -0.25) is 0 Å². The first-order chi connectivity index (χ1) is 8.78. The Labute approximate surface area is 113 Å². The molecule has 0 spiro atoms. The lowest BCUT2D eigenvalue weighted by atomic mass is 9.75. The quantitative estimate of drug-likeness (QED) is 0.649. The third kappa shape index (κ3) is 4.24. The molecule has 0 aromatic carbocycles. The maximum Gasteiger partial charge on any atom is 0.0304 e. The summed E-state index contributed by atoms with van der Waals surface area (Å²) in [6.07, 6.45) is 13.9. The van der Waals surface area contributed by atoms with Crippen LogP contribution in [-0.4, -0.2) is 18.6 Å². The van der Waals surface area contributed by atoms with E-state index in [9.17, 15) is 0 Å². The van der Waals surface area contributed by atoms with Crippen LogP contribution in [-0.2, 0) is 0 Å². The second-order valence-electron chi connectivity index (χ2n) is 6.73. The van der Waals surface area contributed by atoms with E-state index in [0.717, 1.165) is 18.4 Å². The van der Waals surface area contributed by atoms with Gasteiger partial charge in [-0.25, -0.2) is 0 Å². The largest absolute Gasteiger partial charge is 0.329 e. The first-order valence-electron chi connectivity index (χ1n) is 8.23. The van der Waals surface area contributed by atoms with Crippen LogP contribution in [0.1, 0.15) is 71.1 Å². The Morgan fingerprint density at radius 3 is 2.28 bits per heavy atom. The minimum atomic E-state index is 0.286. The molecule has 2 saturated carbocycles. The molecule has 0 amide bonds. The number of hydrogen-bond acceptors (Lipinski definition) is 2. The second kappa shape index (κ2) is 6.91. The molecule has 0 aromatic rings. The summed E-state index contributed by atoms with van der Waals surface area (Å²) in [6.45, 7) is 4.32. The van der Waals surface area contributed by atoms with Crippen molar-refractivity contribution in [1.82, 2.24) is 5.32 Å². The van der Waals surface area contributed by atoms with Gasteiger partial charge < -0.3 is 11.1 Å². The van der Waals surface area contributed by atoms with Crippen LogP contribution in [0, 0.1) is 11.8 Å². The van der Waals surface area contributed by atoms with Gasteiger partial charge in [0.15, 0.2) is 0 Å². The van der Waals surface area contributed by atoms with Crippen molar-refractivity contribution in [3.8, 4) is 0 Å². The monoisotopic (exact) mass is 252 g/mol. The summed E-state index contributed by atoms with van der Waals surface area (Å²) in [6, 6.07) is 0. The average Bonchev–Trinajstić information content (AvgIpc) is 3.21. The van der Waals surface area contributed by atoms with E-state index in [1.807, 2.05) is 0 Å². The summed E-state index contributed by atoms with van der Waals surface area (Å²) in [4.78, 5) is 0. The fraction of sp³-hybridized carbons (Fsp3) is 1.00.